The Morgan fingerprint density at radius 3 is 2.50 bits per heavy atom. The maximum Gasteiger partial charge on any atom is 0.258 e. The van der Waals surface area contributed by atoms with Gasteiger partial charge in [-0.15, -0.1) is 0 Å². The van der Waals surface area contributed by atoms with Crippen LogP contribution in [0.5, 0.6) is 0 Å². The Morgan fingerprint density at radius 2 is 1.76 bits per heavy atom. The third-order valence-electron chi connectivity index (χ3n) is 7.66. The van der Waals surface area contributed by atoms with Gasteiger partial charge in [-0.2, -0.15) is 0 Å². The molecule has 1 spiro atoms. The van der Waals surface area contributed by atoms with Crippen molar-refractivity contribution in [3.63, 3.8) is 0 Å². The monoisotopic (exact) mass is 472 g/mol. The summed E-state index contributed by atoms with van der Waals surface area (Å²) in [6, 6.07) is 17.2. The van der Waals surface area contributed by atoms with Gasteiger partial charge in [-0.25, -0.2) is 4.98 Å². The molecule has 4 heteroatoms. The van der Waals surface area contributed by atoms with Gasteiger partial charge >= 0.3 is 0 Å². The lowest BCUT2D eigenvalue weighted by Crippen LogP contribution is -2.43. The van der Waals surface area contributed by atoms with Crippen LogP contribution in [0.1, 0.15) is 74.6 Å². The summed E-state index contributed by atoms with van der Waals surface area (Å²) in [7, 11) is 0. The Kier molecular flexibility index (Phi) is 6.70. The van der Waals surface area contributed by atoms with Crippen molar-refractivity contribution in [3.05, 3.63) is 81.1 Å². The molecule has 0 radical (unpaired) electrons. The Morgan fingerprint density at radius 1 is 1.03 bits per heavy atom. The summed E-state index contributed by atoms with van der Waals surface area (Å²) in [6.45, 7) is 7.20. The van der Waals surface area contributed by atoms with E-state index in [1.165, 1.54) is 36.0 Å². The minimum Gasteiger partial charge on any atom is -0.283 e. The van der Waals surface area contributed by atoms with Crippen molar-refractivity contribution in [2.75, 3.05) is 5.75 Å². The Balaban J connectivity index is 1.68. The fourth-order valence-corrected chi connectivity index (χ4v) is 6.96. The number of aryl methyl sites for hydroxylation is 1. The second-order valence-corrected chi connectivity index (χ2v) is 11.8. The molecule has 3 nitrogen and oxygen atoms in total. The summed E-state index contributed by atoms with van der Waals surface area (Å²) in [6.07, 6.45) is 7.94. The molecule has 34 heavy (non-hydrogen) atoms. The third kappa shape index (κ3) is 4.49. The average Bonchev–Trinajstić information content (AvgIpc) is 2.82. The molecule has 0 aliphatic heterocycles. The number of nitrogens with zero attached hydrogens (tertiary/aromatic N) is 2. The third-order valence-corrected chi connectivity index (χ3v) is 8.67. The molecule has 0 saturated heterocycles. The molecule has 5 rings (SSSR count). The van der Waals surface area contributed by atoms with Crippen LogP contribution in [0.4, 0.5) is 0 Å². The molecule has 2 aliphatic rings. The van der Waals surface area contributed by atoms with E-state index < -0.39 is 0 Å². The summed E-state index contributed by atoms with van der Waals surface area (Å²) in [5.74, 6) is 1.61. The lowest BCUT2D eigenvalue weighted by Gasteiger charge is -2.42. The predicted octanol–water partition coefficient (Wildman–Crippen LogP) is 7.16. The van der Waals surface area contributed by atoms with Gasteiger partial charge in [0.05, 0.1) is 17.8 Å². The van der Waals surface area contributed by atoms with Crippen molar-refractivity contribution in [2.24, 2.45) is 5.92 Å². The van der Waals surface area contributed by atoms with E-state index in [-0.39, 0.29) is 11.0 Å². The molecule has 1 aromatic heterocycles. The van der Waals surface area contributed by atoms with Gasteiger partial charge in [0.1, 0.15) is 0 Å². The van der Waals surface area contributed by atoms with Crippen molar-refractivity contribution in [1.82, 2.24) is 9.55 Å². The van der Waals surface area contributed by atoms with Gasteiger partial charge in [-0.3, -0.25) is 9.36 Å². The molecule has 2 aromatic carbocycles. The minimum absolute atomic E-state index is 0.0673. The lowest BCUT2D eigenvalue weighted by molar-refractivity contribution is 0.282. The molecule has 3 aromatic rings. The molecule has 2 aliphatic carbocycles. The Bertz CT molecular complexity index is 1220. The van der Waals surface area contributed by atoms with Gasteiger partial charge in [0.15, 0.2) is 5.16 Å². The Hall–Kier alpha value is -2.33. The highest BCUT2D eigenvalue weighted by atomic mass is 32.2. The highest BCUT2D eigenvalue weighted by molar-refractivity contribution is 7.99. The van der Waals surface area contributed by atoms with E-state index in [1.807, 2.05) is 4.57 Å². The quantitative estimate of drug-likeness (QED) is 0.282. The summed E-state index contributed by atoms with van der Waals surface area (Å²) in [4.78, 5) is 19.7. The van der Waals surface area contributed by atoms with Gasteiger partial charge in [-0.05, 0) is 49.7 Å². The number of thioether (sulfide) groups is 1. The maximum atomic E-state index is 14.4. The van der Waals surface area contributed by atoms with E-state index in [0.29, 0.717) is 12.5 Å². The van der Waals surface area contributed by atoms with Crippen LogP contribution in [0.25, 0.3) is 11.3 Å². The molecule has 178 valence electrons. The summed E-state index contributed by atoms with van der Waals surface area (Å²) in [5.41, 5.74) is 7.00. The highest BCUT2D eigenvalue weighted by Crippen LogP contribution is 2.48. The van der Waals surface area contributed by atoms with Crippen LogP contribution in [-0.2, 0) is 18.4 Å². The van der Waals surface area contributed by atoms with Crippen LogP contribution in [0.2, 0.25) is 0 Å². The average molecular weight is 473 g/mol. The van der Waals surface area contributed by atoms with Gasteiger partial charge in [0, 0.05) is 16.7 Å². The molecule has 0 N–H and O–H groups in total. The van der Waals surface area contributed by atoms with Crippen LogP contribution >= 0.6 is 11.8 Å². The zero-order chi connectivity index (χ0) is 23.7. The van der Waals surface area contributed by atoms with Gasteiger partial charge < -0.3 is 0 Å². The molecule has 0 unspecified atom stereocenters. The first kappa shape index (κ1) is 23.4. The fraction of sp³-hybridized carbons (Fsp3) is 0.467. The molecular formula is C30H36N2OS. The minimum atomic E-state index is -0.0673. The topological polar surface area (TPSA) is 34.9 Å². The van der Waals surface area contributed by atoms with E-state index in [2.05, 4.69) is 69.3 Å². The SMILES string of the molecule is Cc1ccc(Cn2c(SCCC(C)C)nc3c(c2=O)C2(CCCCC2)Cc2ccccc2-3)cc1. The number of benzene rings is 2. The van der Waals surface area contributed by atoms with E-state index in [4.69, 9.17) is 4.98 Å². The van der Waals surface area contributed by atoms with E-state index in [9.17, 15) is 4.79 Å². The lowest BCUT2D eigenvalue weighted by atomic mass is 9.62. The number of rotatable bonds is 6. The van der Waals surface area contributed by atoms with Gasteiger partial charge in [0.25, 0.3) is 5.56 Å². The Labute approximate surface area is 208 Å². The number of aromatic nitrogens is 2. The van der Waals surface area contributed by atoms with Crippen molar-refractivity contribution < 1.29 is 0 Å². The molecule has 0 atom stereocenters. The van der Waals surface area contributed by atoms with Crippen LogP contribution in [0.15, 0.2) is 58.5 Å². The molecular weight excluding hydrogens is 436 g/mol. The van der Waals surface area contributed by atoms with Crippen molar-refractivity contribution in [1.29, 1.82) is 0 Å². The fourth-order valence-electron chi connectivity index (χ4n) is 5.73. The predicted molar refractivity (Wildman–Crippen MR) is 143 cm³/mol. The zero-order valence-electron chi connectivity index (χ0n) is 20.8. The first-order valence-electron chi connectivity index (χ1n) is 12.9. The number of hydrogen-bond acceptors (Lipinski definition) is 3. The first-order valence-corrected chi connectivity index (χ1v) is 13.9. The number of fused-ring (bicyclic) bond motifs is 4. The van der Waals surface area contributed by atoms with Crippen molar-refractivity contribution in [3.8, 4) is 11.3 Å². The van der Waals surface area contributed by atoms with Crippen LogP contribution in [0.3, 0.4) is 0 Å². The summed E-state index contributed by atoms with van der Waals surface area (Å²) in [5, 5.41) is 0.868. The van der Waals surface area contributed by atoms with E-state index in [0.717, 1.165) is 53.4 Å². The van der Waals surface area contributed by atoms with Gasteiger partial charge in [0.2, 0.25) is 0 Å². The van der Waals surface area contributed by atoms with Crippen LogP contribution in [-0.4, -0.2) is 15.3 Å². The second-order valence-electron chi connectivity index (χ2n) is 10.7. The molecule has 1 heterocycles. The molecule has 0 amide bonds. The van der Waals surface area contributed by atoms with E-state index >= 15 is 0 Å². The standard InChI is InChI=1S/C30H36N2OS/c1-21(2)15-18-34-29-31-27-25-10-6-5-9-24(25)19-30(16-7-4-8-17-30)26(27)28(33)32(29)20-23-13-11-22(3)12-14-23/h5-6,9-14,21H,4,7-8,15-20H2,1-3H3. The highest BCUT2D eigenvalue weighted by Gasteiger charge is 2.43. The van der Waals surface area contributed by atoms with E-state index in [1.54, 1.807) is 11.8 Å². The van der Waals surface area contributed by atoms with Crippen LogP contribution < -0.4 is 5.56 Å². The summed E-state index contributed by atoms with van der Waals surface area (Å²) < 4.78 is 1.98. The first-order chi connectivity index (χ1) is 16.5. The summed E-state index contributed by atoms with van der Waals surface area (Å²) >= 11 is 1.75. The largest absolute Gasteiger partial charge is 0.283 e. The second kappa shape index (κ2) is 9.73. The van der Waals surface area contributed by atoms with Gasteiger partial charge in [-0.1, -0.05) is 99.0 Å². The molecule has 1 saturated carbocycles. The van der Waals surface area contributed by atoms with Crippen molar-refractivity contribution in [2.45, 2.75) is 82.8 Å². The normalized spacial score (nSPS) is 16.5. The zero-order valence-corrected chi connectivity index (χ0v) is 21.6. The number of hydrogen-bond donors (Lipinski definition) is 0. The molecule has 0 bridgehead atoms. The van der Waals surface area contributed by atoms with Crippen LogP contribution in [0, 0.1) is 12.8 Å². The maximum absolute atomic E-state index is 14.4. The smallest absolute Gasteiger partial charge is 0.258 e. The van der Waals surface area contributed by atoms with Crippen molar-refractivity contribution >= 4 is 11.8 Å². The molecule has 1 fully saturated rings.